The van der Waals surface area contributed by atoms with Gasteiger partial charge >= 0.3 is 0 Å². The fourth-order valence-electron chi connectivity index (χ4n) is 3.47. The SMILES string of the molecule is O=CN(c1nc(-c2ccc(NCc3ccc(Cl)cc3)cc2)c2cc[nH]c2n1)C1CC1. The zero-order chi connectivity index (χ0) is 20.5. The lowest BCUT2D eigenvalue weighted by molar-refractivity contribution is -0.107. The molecular formula is C23H20ClN5O. The number of amides is 1. The Labute approximate surface area is 178 Å². The number of hydrogen-bond donors (Lipinski definition) is 2. The van der Waals surface area contributed by atoms with Crippen molar-refractivity contribution in [2.45, 2.75) is 25.4 Å². The van der Waals surface area contributed by atoms with Gasteiger partial charge in [0.05, 0.1) is 5.69 Å². The first-order valence-corrected chi connectivity index (χ1v) is 10.3. The smallest absolute Gasteiger partial charge is 0.234 e. The highest BCUT2D eigenvalue weighted by Crippen LogP contribution is 2.33. The Morgan fingerprint density at radius 2 is 1.83 bits per heavy atom. The van der Waals surface area contributed by atoms with E-state index in [-0.39, 0.29) is 6.04 Å². The van der Waals surface area contributed by atoms with E-state index in [0.717, 1.165) is 57.8 Å². The summed E-state index contributed by atoms with van der Waals surface area (Å²) in [5.41, 5.74) is 4.69. The van der Waals surface area contributed by atoms with Gasteiger partial charge in [0.25, 0.3) is 0 Å². The van der Waals surface area contributed by atoms with Crippen LogP contribution in [0.3, 0.4) is 0 Å². The molecule has 1 aliphatic carbocycles. The van der Waals surface area contributed by atoms with Gasteiger partial charge in [-0.2, -0.15) is 4.98 Å². The quantitative estimate of drug-likeness (QED) is 0.414. The fraction of sp³-hybridized carbons (Fsp3) is 0.174. The number of aromatic amines is 1. The van der Waals surface area contributed by atoms with Crippen LogP contribution in [0.15, 0.2) is 60.8 Å². The Kier molecular flexibility index (Phi) is 4.85. The second-order valence-corrected chi connectivity index (χ2v) is 7.85. The lowest BCUT2D eigenvalue weighted by atomic mass is 10.1. The van der Waals surface area contributed by atoms with Gasteiger partial charge in [0.2, 0.25) is 12.4 Å². The minimum atomic E-state index is 0.210. The first-order valence-electron chi connectivity index (χ1n) is 9.89. The number of carbonyl (C=O) groups excluding carboxylic acids is 1. The molecule has 0 radical (unpaired) electrons. The van der Waals surface area contributed by atoms with E-state index in [1.165, 1.54) is 0 Å². The number of aromatic nitrogens is 3. The molecule has 2 aromatic carbocycles. The summed E-state index contributed by atoms with van der Waals surface area (Å²) in [6.07, 6.45) is 4.66. The normalized spacial score (nSPS) is 13.4. The second-order valence-electron chi connectivity index (χ2n) is 7.41. The zero-order valence-electron chi connectivity index (χ0n) is 16.2. The lowest BCUT2D eigenvalue weighted by Gasteiger charge is -2.16. The number of carbonyl (C=O) groups is 1. The molecule has 4 aromatic rings. The summed E-state index contributed by atoms with van der Waals surface area (Å²) >= 11 is 5.94. The lowest BCUT2D eigenvalue weighted by Crippen LogP contribution is -2.25. The third-order valence-electron chi connectivity index (χ3n) is 5.26. The molecule has 0 aliphatic heterocycles. The van der Waals surface area contributed by atoms with Crippen LogP contribution in [-0.2, 0) is 11.3 Å². The van der Waals surface area contributed by atoms with Crippen molar-refractivity contribution in [2.24, 2.45) is 0 Å². The summed E-state index contributed by atoms with van der Waals surface area (Å²) < 4.78 is 0. The molecule has 6 nitrogen and oxygen atoms in total. The van der Waals surface area contributed by atoms with Crippen LogP contribution in [0, 0.1) is 0 Å². The van der Waals surface area contributed by atoms with Gasteiger partial charge in [-0.05, 0) is 48.7 Å². The van der Waals surface area contributed by atoms with Gasteiger partial charge in [-0.15, -0.1) is 0 Å². The largest absolute Gasteiger partial charge is 0.381 e. The van der Waals surface area contributed by atoms with Crippen molar-refractivity contribution in [3.63, 3.8) is 0 Å². The molecule has 2 aromatic heterocycles. The van der Waals surface area contributed by atoms with Crippen LogP contribution < -0.4 is 10.2 Å². The monoisotopic (exact) mass is 417 g/mol. The van der Waals surface area contributed by atoms with E-state index < -0.39 is 0 Å². The molecule has 30 heavy (non-hydrogen) atoms. The van der Waals surface area contributed by atoms with Gasteiger partial charge in [-0.3, -0.25) is 9.69 Å². The number of nitrogens with zero attached hydrogens (tertiary/aromatic N) is 3. The number of anilines is 2. The van der Waals surface area contributed by atoms with E-state index in [0.29, 0.717) is 12.5 Å². The molecule has 150 valence electrons. The Bertz CT molecular complexity index is 1180. The van der Waals surface area contributed by atoms with E-state index in [4.69, 9.17) is 16.6 Å². The van der Waals surface area contributed by atoms with E-state index in [1.807, 2.05) is 60.8 Å². The summed E-state index contributed by atoms with van der Waals surface area (Å²) in [4.78, 5) is 25.6. The van der Waals surface area contributed by atoms with Crippen molar-refractivity contribution in [1.82, 2.24) is 15.0 Å². The van der Waals surface area contributed by atoms with Gasteiger partial charge < -0.3 is 10.3 Å². The molecule has 1 saturated carbocycles. The Hall–Kier alpha value is -3.38. The molecule has 0 bridgehead atoms. The van der Waals surface area contributed by atoms with Crippen molar-refractivity contribution in [3.8, 4) is 11.3 Å². The summed E-state index contributed by atoms with van der Waals surface area (Å²) in [7, 11) is 0. The Morgan fingerprint density at radius 3 is 2.53 bits per heavy atom. The molecule has 5 rings (SSSR count). The van der Waals surface area contributed by atoms with Gasteiger partial charge in [-0.25, -0.2) is 4.98 Å². The maximum absolute atomic E-state index is 11.6. The Balaban J connectivity index is 1.41. The molecule has 0 atom stereocenters. The number of hydrogen-bond acceptors (Lipinski definition) is 4. The predicted octanol–water partition coefficient (Wildman–Crippen LogP) is 5.02. The maximum Gasteiger partial charge on any atom is 0.234 e. The van der Waals surface area contributed by atoms with Crippen LogP contribution in [0.5, 0.6) is 0 Å². The number of H-pyrrole nitrogens is 1. The molecule has 0 saturated heterocycles. The average Bonchev–Trinajstić information content (AvgIpc) is 3.49. The molecule has 1 fully saturated rings. The zero-order valence-corrected chi connectivity index (χ0v) is 16.9. The molecule has 1 amide bonds. The highest BCUT2D eigenvalue weighted by Gasteiger charge is 2.31. The number of halogens is 1. The highest BCUT2D eigenvalue weighted by molar-refractivity contribution is 6.30. The second kappa shape index (κ2) is 7.80. The van der Waals surface area contributed by atoms with Crippen molar-refractivity contribution >= 4 is 40.7 Å². The molecule has 1 aliphatic rings. The van der Waals surface area contributed by atoms with E-state index in [9.17, 15) is 4.79 Å². The molecule has 2 heterocycles. The average molecular weight is 418 g/mol. The summed E-state index contributed by atoms with van der Waals surface area (Å²) in [6, 6.07) is 18.1. The standard InChI is InChI=1S/C23H20ClN5O/c24-17-5-1-15(2-6-17)13-26-18-7-3-16(4-8-18)21-20-11-12-25-22(20)28-23(27-21)29(14-30)19-9-10-19/h1-8,11-12,14,19,26H,9-10,13H2,(H,25,27,28). The van der Waals surface area contributed by atoms with Crippen molar-refractivity contribution < 1.29 is 4.79 Å². The van der Waals surface area contributed by atoms with E-state index in [1.54, 1.807) is 4.90 Å². The number of nitrogens with one attached hydrogen (secondary N) is 2. The van der Waals surface area contributed by atoms with Crippen molar-refractivity contribution in [3.05, 3.63) is 71.4 Å². The first-order chi connectivity index (χ1) is 14.7. The minimum absolute atomic E-state index is 0.210. The van der Waals surface area contributed by atoms with Crippen LogP contribution in [0.2, 0.25) is 5.02 Å². The van der Waals surface area contributed by atoms with Crippen LogP contribution in [0.25, 0.3) is 22.3 Å². The first kappa shape index (κ1) is 18.6. The fourth-order valence-corrected chi connectivity index (χ4v) is 3.59. The van der Waals surface area contributed by atoms with Crippen molar-refractivity contribution in [2.75, 3.05) is 10.2 Å². The molecule has 7 heteroatoms. The van der Waals surface area contributed by atoms with E-state index >= 15 is 0 Å². The molecular weight excluding hydrogens is 398 g/mol. The highest BCUT2D eigenvalue weighted by atomic mass is 35.5. The van der Waals surface area contributed by atoms with Crippen LogP contribution in [0.4, 0.5) is 11.6 Å². The Morgan fingerprint density at radius 1 is 1.07 bits per heavy atom. The maximum atomic E-state index is 11.6. The summed E-state index contributed by atoms with van der Waals surface area (Å²) in [5, 5.41) is 5.08. The summed E-state index contributed by atoms with van der Waals surface area (Å²) in [6.45, 7) is 0.714. The van der Waals surface area contributed by atoms with E-state index in [2.05, 4.69) is 15.3 Å². The van der Waals surface area contributed by atoms with Crippen LogP contribution >= 0.6 is 11.6 Å². The molecule has 2 N–H and O–H groups in total. The number of benzene rings is 2. The third kappa shape index (κ3) is 3.74. The van der Waals surface area contributed by atoms with Crippen LogP contribution in [0.1, 0.15) is 18.4 Å². The van der Waals surface area contributed by atoms with Gasteiger partial charge in [0.15, 0.2) is 0 Å². The number of fused-ring (bicyclic) bond motifs is 1. The third-order valence-corrected chi connectivity index (χ3v) is 5.51. The number of rotatable bonds is 7. The van der Waals surface area contributed by atoms with Crippen LogP contribution in [-0.4, -0.2) is 27.4 Å². The van der Waals surface area contributed by atoms with Crippen molar-refractivity contribution in [1.29, 1.82) is 0 Å². The van der Waals surface area contributed by atoms with Gasteiger partial charge in [-0.1, -0.05) is 35.9 Å². The van der Waals surface area contributed by atoms with Gasteiger partial charge in [0, 0.05) is 40.4 Å². The van der Waals surface area contributed by atoms with Gasteiger partial charge in [0.1, 0.15) is 5.65 Å². The summed E-state index contributed by atoms with van der Waals surface area (Å²) in [5.74, 6) is 0.447. The minimum Gasteiger partial charge on any atom is -0.381 e. The molecule has 0 spiro atoms. The molecule has 0 unspecified atom stereocenters. The topological polar surface area (TPSA) is 73.9 Å². The predicted molar refractivity (Wildman–Crippen MR) is 120 cm³/mol.